The van der Waals surface area contributed by atoms with E-state index < -0.39 is 23.3 Å². The summed E-state index contributed by atoms with van der Waals surface area (Å²) in [6.45, 7) is 1.40. The van der Waals surface area contributed by atoms with Gasteiger partial charge in [-0.25, -0.2) is 0 Å². The summed E-state index contributed by atoms with van der Waals surface area (Å²) in [6, 6.07) is 7.56. The van der Waals surface area contributed by atoms with Crippen molar-refractivity contribution in [3.8, 4) is 5.75 Å². The monoisotopic (exact) mass is 391 g/mol. The molecule has 1 aliphatic carbocycles. The first-order valence-electron chi connectivity index (χ1n) is 8.63. The van der Waals surface area contributed by atoms with Crippen molar-refractivity contribution < 1.29 is 32.2 Å². The minimum atomic E-state index is -4.57. The summed E-state index contributed by atoms with van der Waals surface area (Å²) in [5.74, 6) is -0.0545. The Labute approximate surface area is 157 Å². The molecule has 0 atom stereocenters. The normalized spacial score (nSPS) is 15.6. The fraction of sp³-hybridized carbons (Fsp3) is 0.300. The number of rotatable bonds is 5. The van der Waals surface area contributed by atoms with Crippen LogP contribution in [0.15, 0.2) is 40.9 Å². The van der Waals surface area contributed by atoms with Crippen molar-refractivity contribution in [1.82, 2.24) is 4.98 Å². The molecule has 1 saturated carbocycles. The number of carboxylic acids is 1. The van der Waals surface area contributed by atoms with E-state index in [9.17, 15) is 23.1 Å². The smallest absolute Gasteiger partial charge is 0.433 e. The number of aromatic nitrogens is 1. The number of carboxylic acid groups (broad SMARTS) is 1. The van der Waals surface area contributed by atoms with Crippen molar-refractivity contribution in [2.75, 3.05) is 0 Å². The first-order valence-corrected chi connectivity index (χ1v) is 8.63. The molecule has 28 heavy (non-hydrogen) atoms. The minimum absolute atomic E-state index is 0.0807. The van der Waals surface area contributed by atoms with Crippen LogP contribution >= 0.6 is 0 Å². The van der Waals surface area contributed by atoms with Gasteiger partial charge in [-0.15, -0.1) is 0 Å². The SMILES string of the molecule is Cc1oc2ccc(OCc3cccnc3C(F)(F)F)cc2c1C1(C(=O)O)CC1. The average Bonchev–Trinajstić information content (AvgIpc) is 3.37. The highest BCUT2D eigenvalue weighted by Gasteiger charge is 2.54. The maximum atomic E-state index is 13.1. The van der Waals surface area contributed by atoms with E-state index in [2.05, 4.69) is 4.98 Å². The van der Waals surface area contributed by atoms with Gasteiger partial charge in [0.25, 0.3) is 0 Å². The van der Waals surface area contributed by atoms with E-state index in [1.165, 1.54) is 12.1 Å². The number of fused-ring (bicyclic) bond motifs is 1. The zero-order valence-corrected chi connectivity index (χ0v) is 14.8. The second-order valence-electron chi connectivity index (χ2n) is 6.88. The highest BCUT2D eigenvalue weighted by atomic mass is 19.4. The number of halogens is 3. The molecule has 3 aromatic rings. The van der Waals surface area contributed by atoms with E-state index in [1.54, 1.807) is 25.1 Å². The number of alkyl halides is 3. The van der Waals surface area contributed by atoms with Crippen molar-refractivity contribution in [2.24, 2.45) is 0 Å². The number of hydrogen-bond acceptors (Lipinski definition) is 4. The van der Waals surface area contributed by atoms with Crippen LogP contribution in [0.1, 0.15) is 35.4 Å². The maximum Gasteiger partial charge on any atom is 0.433 e. The quantitative estimate of drug-likeness (QED) is 0.673. The molecule has 0 unspecified atom stereocenters. The van der Waals surface area contributed by atoms with Crippen LogP contribution in [-0.4, -0.2) is 16.1 Å². The van der Waals surface area contributed by atoms with Crippen LogP contribution in [0.2, 0.25) is 0 Å². The molecule has 2 heterocycles. The van der Waals surface area contributed by atoms with Crippen molar-refractivity contribution >= 4 is 16.9 Å². The number of aliphatic carboxylic acids is 1. The molecular weight excluding hydrogens is 375 g/mol. The van der Waals surface area contributed by atoms with Gasteiger partial charge in [0.05, 0.1) is 5.41 Å². The number of carbonyl (C=O) groups is 1. The summed E-state index contributed by atoms with van der Waals surface area (Å²) in [5, 5.41) is 10.2. The Balaban J connectivity index is 1.66. The van der Waals surface area contributed by atoms with Crippen LogP contribution in [-0.2, 0) is 23.0 Å². The number of hydrogen-bond donors (Lipinski definition) is 1. The Morgan fingerprint density at radius 1 is 1.32 bits per heavy atom. The van der Waals surface area contributed by atoms with E-state index in [-0.39, 0.29) is 12.2 Å². The van der Waals surface area contributed by atoms with Crippen molar-refractivity contribution in [1.29, 1.82) is 0 Å². The highest BCUT2D eigenvalue weighted by Crippen LogP contribution is 2.53. The van der Waals surface area contributed by atoms with Crippen molar-refractivity contribution in [3.63, 3.8) is 0 Å². The molecule has 0 radical (unpaired) electrons. The fourth-order valence-electron chi connectivity index (χ4n) is 3.55. The fourth-order valence-corrected chi connectivity index (χ4v) is 3.55. The van der Waals surface area contributed by atoms with Gasteiger partial charge >= 0.3 is 12.1 Å². The number of pyridine rings is 1. The van der Waals surface area contributed by atoms with Crippen LogP contribution in [0.3, 0.4) is 0 Å². The molecule has 0 bridgehead atoms. The summed E-state index contributed by atoms with van der Waals surface area (Å²) in [5.41, 5.74) is -0.898. The molecule has 0 amide bonds. The zero-order valence-electron chi connectivity index (χ0n) is 14.8. The molecule has 5 nitrogen and oxygen atoms in total. The van der Waals surface area contributed by atoms with E-state index in [0.717, 1.165) is 6.20 Å². The largest absolute Gasteiger partial charge is 0.489 e. The summed E-state index contributed by atoms with van der Waals surface area (Å²) in [7, 11) is 0. The third-order valence-corrected chi connectivity index (χ3v) is 5.03. The molecule has 146 valence electrons. The zero-order chi connectivity index (χ0) is 20.1. The van der Waals surface area contributed by atoms with E-state index in [0.29, 0.717) is 40.9 Å². The van der Waals surface area contributed by atoms with Gasteiger partial charge in [-0.2, -0.15) is 13.2 Å². The molecule has 0 saturated heterocycles. The molecule has 1 aliphatic rings. The third kappa shape index (κ3) is 2.98. The van der Waals surface area contributed by atoms with Crippen molar-refractivity contribution in [3.05, 3.63) is 59.1 Å². The van der Waals surface area contributed by atoms with E-state index >= 15 is 0 Å². The number of nitrogens with zero attached hydrogens (tertiary/aromatic N) is 1. The predicted octanol–water partition coefficient (Wildman–Crippen LogP) is 4.85. The van der Waals surface area contributed by atoms with Crippen LogP contribution in [0.25, 0.3) is 11.0 Å². The standard InChI is InChI=1S/C20H16F3NO4/c1-11-16(19(6-7-19)18(25)26)14-9-13(4-5-15(14)28-11)27-10-12-3-2-8-24-17(12)20(21,22)23/h2-5,8-9H,6-7,10H2,1H3,(H,25,26). The van der Waals surface area contributed by atoms with Gasteiger partial charge in [0, 0.05) is 22.7 Å². The molecular formula is C20H16F3NO4. The van der Waals surface area contributed by atoms with Gasteiger partial charge in [-0.1, -0.05) is 6.07 Å². The molecule has 1 fully saturated rings. The van der Waals surface area contributed by atoms with E-state index in [1.807, 2.05) is 0 Å². The lowest BCUT2D eigenvalue weighted by molar-refractivity contribution is -0.142. The van der Waals surface area contributed by atoms with E-state index in [4.69, 9.17) is 9.15 Å². The van der Waals surface area contributed by atoms with Gasteiger partial charge in [0.1, 0.15) is 23.7 Å². The highest BCUT2D eigenvalue weighted by molar-refractivity contribution is 5.94. The Hall–Kier alpha value is -3.03. The second-order valence-corrected chi connectivity index (χ2v) is 6.88. The van der Waals surface area contributed by atoms with Crippen LogP contribution in [0.5, 0.6) is 5.75 Å². The van der Waals surface area contributed by atoms with Crippen molar-refractivity contribution in [2.45, 2.75) is 38.0 Å². The Morgan fingerprint density at radius 2 is 2.07 bits per heavy atom. The lowest BCUT2D eigenvalue weighted by atomic mass is 9.93. The van der Waals surface area contributed by atoms with Crippen LogP contribution in [0, 0.1) is 6.92 Å². The number of aryl methyl sites for hydroxylation is 1. The lowest BCUT2D eigenvalue weighted by Crippen LogP contribution is -2.20. The molecule has 4 rings (SSSR count). The molecule has 1 N–H and O–H groups in total. The Morgan fingerprint density at radius 3 is 2.71 bits per heavy atom. The third-order valence-electron chi connectivity index (χ3n) is 5.03. The average molecular weight is 391 g/mol. The molecule has 0 spiro atoms. The maximum absolute atomic E-state index is 13.1. The predicted molar refractivity (Wildman–Crippen MR) is 93.1 cm³/mol. The second kappa shape index (κ2) is 6.25. The molecule has 8 heteroatoms. The Bertz CT molecular complexity index is 1070. The summed E-state index contributed by atoms with van der Waals surface area (Å²) in [6.07, 6.45) is -2.44. The molecule has 1 aromatic carbocycles. The first-order chi connectivity index (χ1) is 13.2. The van der Waals surface area contributed by atoms with Gasteiger partial charge in [-0.05, 0) is 44.0 Å². The van der Waals surface area contributed by atoms with Crippen LogP contribution in [0.4, 0.5) is 13.2 Å². The summed E-state index contributed by atoms with van der Waals surface area (Å²) in [4.78, 5) is 15.1. The molecule has 2 aromatic heterocycles. The number of benzene rings is 1. The van der Waals surface area contributed by atoms with Gasteiger partial charge in [0.2, 0.25) is 0 Å². The number of furan rings is 1. The summed E-state index contributed by atoms with van der Waals surface area (Å²) >= 11 is 0. The first kappa shape index (κ1) is 18.3. The van der Waals surface area contributed by atoms with Gasteiger partial charge < -0.3 is 14.3 Å². The Kier molecular flexibility index (Phi) is 4.10. The topological polar surface area (TPSA) is 72.6 Å². The minimum Gasteiger partial charge on any atom is -0.489 e. The van der Waals surface area contributed by atoms with Gasteiger partial charge in [-0.3, -0.25) is 9.78 Å². The molecule has 0 aliphatic heterocycles. The number of ether oxygens (including phenoxy) is 1. The lowest BCUT2D eigenvalue weighted by Gasteiger charge is -2.13. The summed E-state index contributed by atoms with van der Waals surface area (Å²) < 4.78 is 50.4. The van der Waals surface area contributed by atoms with Gasteiger partial charge in [0.15, 0.2) is 5.69 Å². The van der Waals surface area contributed by atoms with Crippen LogP contribution < -0.4 is 4.74 Å².